The van der Waals surface area contributed by atoms with E-state index < -0.39 is 0 Å². The fraction of sp³-hybridized carbons (Fsp3) is 0.667. The van der Waals surface area contributed by atoms with Gasteiger partial charge in [0, 0.05) is 19.3 Å². The van der Waals surface area contributed by atoms with Crippen molar-refractivity contribution >= 4 is 5.82 Å². The van der Waals surface area contributed by atoms with Crippen molar-refractivity contribution in [2.24, 2.45) is 5.73 Å². The molecule has 0 bridgehead atoms. The van der Waals surface area contributed by atoms with Gasteiger partial charge in [0.1, 0.15) is 5.82 Å². The molecule has 0 radical (unpaired) electrons. The summed E-state index contributed by atoms with van der Waals surface area (Å²) >= 11 is 0. The van der Waals surface area contributed by atoms with Crippen LogP contribution in [-0.2, 0) is 11.2 Å². The lowest BCUT2D eigenvalue weighted by Crippen LogP contribution is -2.50. The maximum absolute atomic E-state index is 6.46. The Kier molecular flexibility index (Phi) is 4.77. The van der Waals surface area contributed by atoms with Crippen LogP contribution in [0, 0.1) is 0 Å². The summed E-state index contributed by atoms with van der Waals surface area (Å²) in [6.45, 7) is 0. The molecule has 0 spiro atoms. The summed E-state index contributed by atoms with van der Waals surface area (Å²) in [6, 6.07) is 3.88. The molecule has 1 aromatic heterocycles. The second-order valence-corrected chi connectivity index (χ2v) is 5.54. The summed E-state index contributed by atoms with van der Waals surface area (Å²) in [4.78, 5) is 4.13. The minimum absolute atomic E-state index is 0.0258. The Labute approximate surface area is 115 Å². The van der Waals surface area contributed by atoms with Crippen molar-refractivity contribution < 1.29 is 4.74 Å². The van der Waals surface area contributed by atoms with Gasteiger partial charge in [0.2, 0.25) is 0 Å². The molecule has 4 N–H and O–H groups in total. The van der Waals surface area contributed by atoms with Gasteiger partial charge in [-0.1, -0.05) is 31.7 Å². The Morgan fingerprint density at radius 2 is 2.00 bits per heavy atom. The quantitative estimate of drug-likeness (QED) is 0.817. The Morgan fingerprint density at radius 3 is 2.58 bits per heavy atom. The zero-order chi connectivity index (χ0) is 13.7. The lowest BCUT2D eigenvalue weighted by molar-refractivity contribution is -0.0430. The van der Waals surface area contributed by atoms with Crippen molar-refractivity contribution in [3.05, 3.63) is 23.9 Å². The van der Waals surface area contributed by atoms with Gasteiger partial charge < -0.3 is 16.2 Å². The number of rotatable bonds is 4. The van der Waals surface area contributed by atoms with E-state index in [0.717, 1.165) is 24.8 Å². The van der Waals surface area contributed by atoms with Crippen LogP contribution in [0.1, 0.15) is 44.1 Å². The highest BCUT2D eigenvalue weighted by atomic mass is 16.5. The van der Waals surface area contributed by atoms with E-state index in [1.165, 1.54) is 25.7 Å². The Morgan fingerprint density at radius 1 is 1.32 bits per heavy atom. The molecule has 4 heteroatoms. The molecule has 19 heavy (non-hydrogen) atoms. The maximum Gasteiger partial charge on any atom is 0.126 e. The van der Waals surface area contributed by atoms with Crippen molar-refractivity contribution in [3.63, 3.8) is 0 Å². The number of nitrogen functional groups attached to an aromatic ring is 1. The number of methoxy groups -OCH3 is 1. The summed E-state index contributed by atoms with van der Waals surface area (Å²) in [5.74, 6) is 0.581. The topological polar surface area (TPSA) is 74.2 Å². The lowest BCUT2D eigenvalue weighted by atomic mass is 9.83. The van der Waals surface area contributed by atoms with Gasteiger partial charge in [0.15, 0.2) is 0 Å². The molecule has 1 unspecified atom stereocenters. The fourth-order valence-corrected chi connectivity index (χ4v) is 3.10. The standard InChI is InChI=1S/C15H25N3O/c1-19-15(8-4-2-3-5-9-15)13(16)11-12-7-6-10-18-14(12)17/h6-7,10,13H,2-5,8-9,11,16H2,1H3,(H2,17,18). The van der Waals surface area contributed by atoms with E-state index in [4.69, 9.17) is 16.2 Å². The minimum atomic E-state index is -0.196. The van der Waals surface area contributed by atoms with E-state index in [1.54, 1.807) is 13.3 Å². The second kappa shape index (κ2) is 6.35. The van der Waals surface area contributed by atoms with Crippen LogP contribution in [0.4, 0.5) is 5.82 Å². The first kappa shape index (κ1) is 14.3. The van der Waals surface area contributed by atoms with Crippen LogP contribution in [0.3, 0.4) is 0 Å². The highest BCUT2D eigenvalue weighted by Crippen LogP contribution is 2.33. The van der Waals surface area contributed by atoms with E-state index in [9.17, 15) is 0 Å². The van der Waals surface area contributed by atoms with Crippen molar-refractivity contribution in [1.82, 2.24) is 4.98 Å². The fourth-order valence-electron chi connectivity index (χ4n) is 3.10. The molecule has 1 fully saturated rings. The number of hydrogen-bond donors (Lipinski definition) is 2. The van der Waals surface area contributed by atoms with Gasteiger partial charge in [-0.05, 0) is 30.9 Å². The lowest BCUT2D eigenvalue weighted by Gasteiger charge is -2.37. The van der Waals surface area contributed by atoms with Crippen molar-refractivity contribution in [2.45, 2.75) is 56.6 Å². The summed E-state index contributed by atoms with van der Waals surface area (Å²) in [5, 5.41) is 0. The molecule has 1 aliphatic carbocycles. The Bertz CT molecular complexity index is 400. The number of pyridine rings is 1. The van der Waals surface area contributed by atoms with Gasteiger partial charge in [-0.15, -0.1) is 0 Å². The number of nitrogens with two attached hydrogens (primary N) is 2. The smallest absolute Gasteiger partial charge is 0.126 e. The largest absolute Gasteiger partial charge is 0.383 e. The number of ether oxygens (including phenoxy) is 1. The van der Waals surface area contributed by atoms with Gasteiger partial charge in [-0.2, -0.15) is 0 Å². The molecule has 1 aliphatic rings. The van der Waals surface area contributed by atoms with Gasteiger partial charge in [-0.25, -0.2) is 4.98 Å². The molecule has 106 valence electrons. The third kappa shape index (κ3) is 3.25. The van der Waals surface area contributed by atoms with E-state index >= 15 is 0 Å². The average Bonchev–Trinajstić information content (AvgIpc) is 2.67. The highest BCUT2D eigenvalue weighted by Gasteiger charge is 2.37. The van der Waals surface area contributed by atoms with Gasteiger partial charge >= 0.3 is 0 Å². The van der Waals surface area contributed by atoms with Gasteiger partial charge in [0.05, 0.1) is 5.60 Å². The van der Waals surface area contributed by atoms with E-state index in [1.807, 2.05) is 12.1 Å². The number of anilines is 1. The second-order valence-electron chi connectivity index (χ2n) is 5.54. The van der Waals surface area contributed by atoms with Crippen LogP contribution in [0.5, 0.6) is 0 Å². The molecule has 0 amide bonds. The number of hydrogen-bond acceptors (Lipinski definition) is 4. The first-order valence-electron chi connectivity index (χ1n) is 7.18. The normalized spacial score (nSPS) is 20.7. The first-order valence-corrected chi connectivity index (χ1v) is 7.18. The molecule has 2 rings (SSSR count). The van der Waals surface area contributed by atoms with Crippen LogP contribution in [0.15, 0.2) is 18.3 Å². The van der Waals surface area contributed by atoms with Crippen LogP contribution < -0.4 is 11.5 Å². The SMILES string of the molecule is COC1(C(N)Cc2cccnc2N)CCCCCC1. The molecular formula is C15H25N3O. The van der Waals surface area contributed by atoms with Crippen LogP contribution in [0.2, 0.25) is 0 Å². The molecular weight excluding hydrogens is 238 g/mol. The number of nitrogens with zero attached hydrogens (tertiary/aromatic N) is 1. The predicted octanol–water partition coefficient (Wildman–Crippen LogP) is 2.27. The Hall–Kier alpha value is -1.13. The Balaban J connectivity index is 2.12. The first-order chi connectivity index (χ1) is 9.18. The monoisotopic (exact) mass is 263 g/mol. The zero-order valence-corrected chi connectivity index (χ0v) is 11.8. The third-order valence-electron chi connectivity index (χ3n) is 4.40. The van der Waals surface area contributed by atoms with Crippen molar-refractivity contribution in [1.29, 1.82) is 0 Å². The molecule has 1 heterocycles. The summed E-state index contributed by atoms with van der Waals surface area (Å²) in [5.41, 5.74) is 13.2. The molecule has 0 aromatic carbocycles. The highest BCUT2D eigenvalue weighted by molar-refractivity contribution is 5.39. The minimum Gasteiger partial charge on any atom is -0.383 e. The molecule has 1 atom stereocenters. The van der Waals surface area contributed by atoms with Crippen LogP contribution in [-0.4, -0.2) is 23.7 Å². The maximum atomic E-state index is 6.46. The molecule has 4 nitrogen and oxygen atoms in total. The average molecular weight is 263 g/mol. The molecule has 1 aromatic rings. The molecule has 0 aliphatic heterocycles. The van der Waals surface area contributed by atoms with Crippen LogP contribution >= 0.6 is 0 Å². The zero-order valence-electron chi connectivity index (χ0n) is 11.8. The van der Waals surface area contributed by atoms with Gasteiger partial charge in [-0.3, -0.25) is 0 Å². The third-order valence-corrected chi connectivity index (χ3v) is 4.40. The summed E-state index contributed by atoms with van der Waals surface area (Å²) in [7, 11) is 1.79. The molecule has 0 saturated heterocycles. The molecule has 1 saturated carbocycles. The van der Waals surface area contributed by atoms with E-state index in [-0.39, 0.29) is 11.6 Å². The summed E-state index contributed by atoms with van der Waals surface area (Å²) in [6.07, 6.45) is 9.50. The van der Waals surface area contributed by atoms with Crippen LogP contribution in [0.25, 0.3) is 0 Å². The van der Waals surface area contributed by atoms with E-state index in [0.29, 0.717) is 5.82 Å². The van der Waals surface area contributed by atoms with Gasteiger partial charge in [0.25, 0.3) is 0 Å². The van der Waals surface area contributed by atoms with Crippen molar-refractivity contribution in [3.8, 4) is 0 Å². The summed E-state index contributed by atoms with van der Waals surface area (Å²) < 4.78 is 5.85. The number of aromatic nitrogens is 1. The van der Waals surface area contributed by atoms with Crippen molar-refractivity contribution in [2.75, 3.05) is 12.8 Å². The van der Waals surface area contributed by atoms with E-state index in [2.05, 4.69) is 4.98 Å². The predicted molar refractivity (Wildman–Crippen MR) is 77.8 cm³/mol.